The molecule has 0 spiro atoms. The molecule has 0 unspecified atom stereocenters. The van der Waals surface area contributed by atoms with Crippen LogP contribution >= 0.6 is 0 Å². The summed E-state index contributed by atoms with van der Waals surface area (Å²) in [7, 11) is 0. The summed E-state index contributed by atoms with van der Waals surface area (Å²) in [6.07, 6.45) is -6.36. The summed E-state index contributed by atoms with van der Waals surface area (Å²) in [4.78, 5) is 61.6. The van der Waals surface area contributed by atoms with E-state index in [1.165, 1.54) is 0 Å². The van der Waals surface area contributed by atoms with Crippen molar-refractivity contribution in [1.82, 2.24) is 21.3 Å². The summed E-state index contributed by atoms with van der Waals surface area (Å²) >= 11 is 0. The first-order valence-corrected chi connectivity index (χ1v) is 11.4. The molecule has 0 aromatic heterocycles. The number of alkyl halides is 5. The van der Waals surface area contributed by atoms with Gasteiger partial charge in [0.1, 0.15) is 12.6 Å². The average Bonchev–Trinajstić information content (AvgIpc) is 3.13. The molecule has 1 aliphatic carbocycles. The zero-order valence-electron chi connectivity index (χ0n) is 19.7. The van der Waals surface area contributed by atoms with Gasteiger partial charge in [-0.2, -0.15) is 0 Å². The largest absolute Gasteiger partial charge is 0.522 e. The van der Waals surface area contributed by atoms with E-state index in [2.05, 4.69) is 26.0 Å². The Morgan fingerprint density at radius 2 is 1.72 bits per heavy atom. The van der Waals surface area contributed by atoms with Gasteiger partial charge in [0.05, 0.1) is 6.04 Å². The fourth-order valence-corrected chi connectivity index (χ4v) is 3.89. The van der Waals surface area contributed by atoms with Gasteiger partial charge in [0.2, 0.25) is 11.8 Å². The van der Waals surface area contributed by atoms with Gasteiger partial charge in [-0.15, -0.1) is 13.2 Å². The number of rotatable bonds is 11. The molecule has 204 valence electrons. The van der Waals surface area contributed by atoms with E-state index in [1.807, 2.05) is 0 Å². The highest BCUT2D eigenvalue weighted by molar-refractivity contribution is 6.35. The standard InChI is InChI=1S/C21H29F5N4O6/c1-10(2)5-14(30-19(35)18(34)28-12-7-20(22,23)8-12)17(33)29-13(6-11-3-4-27-16(11)32)15(31)9-36-21(24,25)26/h10-14H,3-9H2,1-2H3,(H,27,32)(H,28,34)(H,29,33)(H,30,35)/t11-,13-,14-/m0/s1. The number of amides is 4. The highest BCUT2D eigenvalue weighted by Gasteiger charge is 2.46. The molecule has 4 N–H and O–H groups in total. The van der Waals surface area contributed by atoms with E-state index in [0.717, 1.165) is 0 Å². The maximum Gasteiger partial charge on any atom is 0.522 e. The molecule has 0 radical (unpaired) electrons. The summed E-state index contributed by atoms with van der Waals surface area (Å²) in [5, 5.41) is 9.08. The van der Waals surface area contributed by atoms with Gasteiger partial charge in [0.25, 0.3) is 5.92 Å². The Morgan fingerprint density at radius 1 is 1.08 bits per heavy atom. The van der Waals surface area contributed by atoms with E-state index in [4.69, 9.17) is 0 Å². The van der Waals surface area contributed by atoms with E-state index >= 15 is 0 Å². The van der Waals surface area contributed by atoms with Crippen molar-refractivity contribution in [3.63, 3.8) is 0 Å². The first kappa shape index (κ1) is 29.4. The Morgan fingerprint density at radius 3 is 2.22 bits per heavy atom. The zero-order valence-corrected chi connectivity index (χ0v) is 19.7. The van der Waals surface area contributed by atoms with Crippen LogP contribution in [0.1, 0.15) is 46.0 Å². The van der Waals surface area contributed by atoms with Crippen LogP contribution < -0.4 is 21.3 Å². The summed E-state index contributed by atoms with van der Waals surface area (Å²) in [5.41, 5.74) is 0. The topological polar surface area (TPSA) is 143 Å². The first-order valence-electron chi connectivity index (χ1n) is 11.4. The molecule has 2 rings (SSSR count). The molecule has 1 saturated heterocycles. The molecule has 15 heteroatoms. The second-order valence-electron chi connectivity index (χ2n) is 9.36. The van der Waals surface area contributed by atoms with Gasteiger partial charge in [0.15, 0.2) is 5.78 Å². The lowest BCUT2D eigenvalue weighted by Crippen LogP contribution is -2.57. The molecule has 1 aliphatic heterocycles. The van der Waals surface area contributed by atoms with Gasteiger partial charge >= 0.3 is 18.2 Å². The third-order valence-corrected chi connectivity index (χ3v) is 5.73. The van der Waals surface area contributed by atoms with Gasteiger partial charge < -0.3 is 21.3 Å². The number of nitrogens with one attached hydrogen (secondary N) is 4. The Bertz CT molecular complexity index is 858. The second kappa shape index (κ2) is 11.9. The maximum absolute atomic E-state index is 12.9. The SMILES string of the molecule is CC(C)C[C@H](NC(=O)C(=O)NC1CC(F)(F)C1)C(=O)N[C@@H](C[C@@H]1CCNC1=O)C(=O)COC(F)(F)F. The number of ether oxygens (including phenoxy) is 1. The molecule has 1 heterocycles. The Labute approximate surface area is 203 Å². The predicted octanol–water partition coefficient (Wildman–Crippen LogP) is 0.548. The fraction of sp³-hybridized carbons (Fsp3) is 0.762. The van der Waals surface area contributed by atoms with Crippen LogP contribution in [-0.4, -0.2) is 73.0 Å². The van der Waals surface area contributed by atoms with Crippen molar-refractivity contribution in [2.75, 3.05) is 13.2 Å². The van der Waals surface area contributed by atoms with Crippen molar-refractivity contribution in [1.29, 1.82) is 0 Å². The molecular weight excluding hydrogens is 499 g/mol. The lowest BCUT2D eigenvalue weighted by atomic mass is 9.88. The van der Waals surface area contributed by atoms with E-state index in [9.17, 15) is 45.9 Å². The van der Waals surface area contributed by atoms with Gasteiger partial charge in [-0.05, 0) is 25.2 Å². The number of carbonyl (C=O) groups excluding carboxylic acids is 5. The smallest absolute Gasteiger partial charge is 0.356 e. The molecule has 2 aliphatic rings. The molecule has 4 amide bonds. The normalized spacial score (nSPS) is 21.2. The van der Waals surface area contributed by atoms with Crippen LogP contribution in [0.2, 0.25) is 0 Å². The van der Waals surface area contributed by atoms with Crippen LogP contribution in [0.25, 0.3) is 0 Å². The van der Waals surface area contributed by atoms with Gasteiger partial charge in [-0.25, -0.2) is 8.78 Å². The summed E-state index contributed by atoms with van der Waals surface area (Å²) in [5.74, 6) is -8.92. The zero-order chi connectivity index (χ0) is 27.3. The Kier molecular flexibility index (Phi) is 9.74. The molecule has 3 atom stereocenters. The lowest BCUT2D eigenvalue weighted by Gasteiger charge is -2.35. The molecule has 2 fully saturated rings. The lowest BCUT2D eigenvalue weighted by molar-refractivity contribution is -0.321. The summed E-state index contributed by atoms with van der Waals surface area (Å²) in [6, 6.07) is -3.81. The van der Waals surface area contributed by atoms with E-state index < -0.39 is 85.2 Å². The molecule has 36 heavy (non-hydrogen) atoms. The number of hydrogen-bond donors (Lipinski definition) is 4. The van der Waals surface area contributed by atoms with Crippen LogP contribution in [0.15, 0.2) is 0 Å². The van der Waals surface area contributed by atoms with Crippen LogP contribution in [-0.2, 0) is 28.7 Å². The number of hydrogen-bond acceptors (Lipinski definition) is 6. The van der Waals surface area contributed by atoms with Gasteiger partial charge in [-0.3, -0.25) is 28.7 Å². The number of carbonyl (C=O) groups is 5. The maximum atomic E-state index is 12.9. The third-order valence-electron chi connectivity index (χ3n) is 5.73. The van der Waals surface area contributed by atoms with Crippen molar-refractivity contribution in [2.24, 2.45) is 11.8 Å². The summed E-state index contributed by atoms with van der Waals surface area (Å²) < 4.78 is 66.7. The molecule has 0 aromatic rings. The average molecular weight is 528 g/mol. The molecule has 1 saturated carbocycles. The van der Waals surface area contributed by atoms with Crippen molar-refractivity contribution in [3.8, 4) is 0 Å². The second-order valence-corrected chi connectivity index (χ2v) is 9.36. The number of halogens is 5. The number of Topliss-reactive ketones (excluding diaryl/α,β-unsaturated/α-hetero) is 1. The Hall–Kier alpha value is -2.84. The van der Waals surface area contributed by atoms with E-state index in [0.29, 0.717) is 13.0 Å². The van der Waals surface area contributed by atoms with Crippen molar-refractivity contribution >= 4 is 29.4 Å². The number of ketones is 1. The Balaban J connectivity index is 2.06. The highest BCUT2D eigenvalue weighted by atomic mass is 19.4. The van der Waals surface area contributed by atoms with E-state index in [1.54, 1.807) is 13.8 Å². The minimum absolute atomic E-state index is 0.0176. The molecule has 0 aromatic carbocycles. The molecule has 0 bridgehead atoms. The van der Waals surface area contributed by atoms with Crippen LogP contribution in [0.5, 0.6) is 0 Å². The summed E-state index contributed by atoms with van der Waals surface area (Å²) in [6.45, 7) is 2.27. The highest BCUT2D eigenvalue weighted by Crippen LogP contribution is 2.37. The van der Waals surface area contributed by atoms with E-state index in [-0.39, 0.29) is 18.8 Å². The van der Waals surface area contributed by atoms with Crippen LogP contribution in [0, 0.1) is 11.8 Å². The monoisotopic (exact) mass is 528 g/mol. The van der Waals surface area contributed by atoms with Crippen molar-refractivity contribution in [2.45, 2.75) is 76.4 Å². The molecular formula is C21H29F5N4O6. The third kappa shape index (κ3) is 9.32. The van der Waals surface area contributed by atoms with Crippen molar-refractivity contribution < 1.29 is 50.7 Å². The van der Waals surface area contributed by atoms with Crippen molar-refractivity contribution in [3.05, 3.63) is 0 Å². The minimum Gasteiger partial charge on any atom is -0.356 e. The van der Waals surface area contributed by atoms with Crippen LogP contribution in [0.3, 0.4) is 0 Å². The van der Waals surface area contributed by atoms with Crippen LogP contribution in [0.4, 0.5) is 22.0 Å². The molecule has 10 nitrogen and oxygen atoms in total. The van der Waals surface area contributed by atoms with Gasteiger partial charge in [-0.1, -0.05) is 13.8 Å². The quantitative estimate of drug-likeness (QED) is 0.228. The first-order chi connectivity index (χ1) is 16.6. The predicted molar refractivity (Wildman–Crippen MR) is 112 cm³/mol. The fourth-order valence-electron chi connectivity index (χ4n) is 3.89. The van der Waals surface area contributed by atoms with Gasteiger partial charge in [0, 0.05) is 31.3 Å². The minimum atomic E-state index is -5.10.